The van der Waals surface area contributed by atoms with Crippen molar-refractivity contribution in [2.24, 2.45) is 0 Å². The second kappa shape index (κ2) is 10.4. The summed E-state index contributed by atoms with van der Waals surface area (Å²) in [6, 6.07) is 18.4. The summed E-state index contributed by atoms with van der Waals surface area (Å²) >= 11 is 0. The van der Waals surface area contributed by atoms with Crippen LogP contribution in [0.15, 0.2) is 65.5 Å². The van der Waals surface area contributed by atoms with E-state index < -0.39 is 0 Å². The Balaban J connectivity index is 1.69. The van der Waals surface area contributed by atoms with Crippen LogP contribution in [-0.2, 0) is 17.8 Å². The number of carbonyl (C=O) groups excluding carboxylic acids is 1. The lowest BCUT2D eigenvalue weighted by Crippen LogP contribution is -2.38. The zero-order valence-corrected chi connectivity index (χ0v) is 18.0. The molecule has 3 aromatic rings. The number of nitrogens with zero attached hydrogens (tertiary/aromatic N) is 2. The highest BCUT2D eigenvalue weighted by Gasteiger charge is 2.14. The molecule has 0 fully saturated rings. The van der Waals surface area contributed by atoms with Gasteiger partial charge in [0.15, 0.2) is 0 Å². The van der Waals surface area contributed by atoms with E-state index in [1.807, 2.05) is 25.1 Å². The van der Waals surface area contributed by atoms with E-state index in [2.05, 4.69) is 22.5 Å². The Kier molecular flexibility index (Phi) is 7.43. The molecule has 1 unspecified atom stereocenters. The molecule has 1 atom stereocenters. The van der Waals surface area contributed by atoms with Crippen LogP contribution in [0.2, 0.25) is 0 Å². The normalized spacial score (nSPS) is 11.6. The van der Waals surface area contributed by atoms with Crippen LogP contribution in [0.5, 0.6) is 11.5 Å². The van der Waals surface area contributed by atoms with Crippen LogP contribution in [0.3, 0.4) is 0 Å². The molecule has 0 radical (unpaired) electrons. The lowest BCUT2D eigenvalue weighted by atomic mass is 10.1. The zero-order chi connectivity index (χ0) is 22.2. The summed E-state index contributed by atoms with van der Waals surface area (Å²) in [6.45, 7) is 1.79. The predicted octanol–water partition coefficient (Wildman–Crippen LogP) is 3.07. The van der Waals surface area contributed by atoms with Crippen molar-refractivity contribution >= 4 is 5.91 Å². The van der Waals surface area contributed by atoms with Gasteiger partial charge in [-0.1, -0.05) is 30.3 Å². The van der Waals surface area contributed by atoms with E-state index in [1.165, 1.54) is 11.6 Å². The third-order valence-corrected chi connectivity index (χ3v) is 4.96. The molecule has 1 heterocycles. The minimum Gasteiger partial charge on any atom is -0.497 e. The molecule has 0 saturated heterocycles. The molecule has 7 nitrogen and oxygen atoms in total. The summed E-state index contributed by atoms with van der Waals surface area (Å²) in [5, 5.41) is 7.32. The van der Waals surface area contributed by atoms with Crippen molar-refractivity contribution in [3.05, 3.63) is 76.6 Å². The second-order valence-electron chi connectivity index (χ2n) is 7.27. The zero-order valence-electron chi connectivity index (χ0n) is 18.0. The molecule has 2 aromatic carbocycles. The van der Waals surface area contributed by atoms with E-state index in [4.69, 9.17) is 9.47 Å². The highest BCUT2D eigenvalue weighted by atomic mass is 16.5. The first-order valence-corrected chi connectivity index (χ1v) is 10.1. The molecule has 0 spiro atoms. The number of aryl methyl sites for hydroxylation is 1. The standard InChI is InChI=1S/C24H27N3O4/c1-17(9-10-18-7-5-4-6-8-18)25-23(28)16-27-24(29)14-12-21(26-27)20-15-19(30-2)11-13-22(20)31-3/h4-8,11-15,17H,9-10,16H2,1-3H3,(H,25,28). The Morgan fingerprint density at radius 3 is 2.55 bits per heavy atom. The van der Waals surface area contributed by atoms with Crippen LogP contribution < -0.4 is 20.3 Å². The Morgan fingerprint density at radius 2 is 1.84 bits per heavy atom. The molecule has 162 valence electrons. The SMILES string of the molecule is COc1ccc(OC)c(-c2ccc(=O)n(CC(=O)NC(C)CCc3ccccc3)n2)c1. The highest BCUT2D eigenvalue weighted by Crippen LogP contribution is 2.31. The monoisotopic (exact) mass is 421 g/mol. The molecule has 0 saturated carbocycles. The molecule has 0 bridgehead atoms. The minimum atomic E-state index is -0.349. The third kappa shape index (κ3) is 5.94. The van der Waals surface area contributed by atoms with Crippen molar-refractivity contribution in [2.75, 3.05) is 14.2 Å². The lowest BCUT2D eigenvalue weighted by molar-refractivity contribution is -0.122. The van der Waals surface area contributed by atoms with Crippen LogP contribution in [0.4, 0.5) is 0 Å². The fraction of sp³-hybridized carbons (Fsp3) is 0.292. The van der Waals surface area contributed by atoms with Crippen LogP contribution in [0.25, 0.3) is 11.3 Å². The van der Waals surface area contributed by atoms with Crippen molar-refractivity contribution in [3.8, 4) is 22.8 Å². The maximum absolute atomic E-state index is 12.5. The number of hydrogen-bond donors (Lipinski definition) is 1. The number of aromatic nitrogens is 2. The van der Waals surface area contributed by atoms with E-state index in [0.29, 0.717) is 22.8 Å². The van der Waals surface area contributed by atoms with Crippen molar-refractivity contribution in [1.29, 1.82) is 0 Å². The van der Waals surface area contributed by atoms with Crippen LogP contribution >= 0.6 is 0 Å². The number of carbonyl (C=O) groups is 1. The maximum atomic E-state index is 12.5. The van der Waals surface area contributed by atoms with E-state index in [9.17, 15) is 9.59 Å². The van der Waals surface area contributed by atoms with Crippen LogP contribution in [0.1, 0.15) is 18.9 Å². The van der Waals surface area contributed by atoms with Gasteiger partial charge in [0.2, 0.25) is 5.91 Å². The van der Waals surface area contributed by atoms with Crippen molar-refractivity contribution in [1.82, 2.24) is 15.1 Å². The van der Waals surface area contributed by atoms with Gasteiger partial charge in [0, 0.05) is 17.7 Å². The summed E-state index contributed by atoms with van der Waals surface area (Å²) in [5.74, 6) is 0.975. The largest absolute Gasteiger partial charge is 0.497 e. The first-order valence-electron chi connectivity index (χ1n) is 10.1. The van der Waals surface area contributed by atoms with Gasteiger partial charge < -0.3 is 14.8 Å². The van der Waals surface area contributed by atoms with E-state index in [0.717, 1.165) is 17.5 Å². The Morgan fingerprint density at radius 1 is 1.06 bits per heavy atom. The molecule has 0 aliphatic carbocycles. The number of hydrogen-bond acceptors (Lipinski definition) is 5. The lowest BCUT2D eigenvalue weighted by Gasteiger charge is -2.15. The molecular weight excluding hydrogens is 394 g/mol. The maximum Gasteiger partial charge on any atom is 0.267 e. The molecule has 1 aromatic heterocycles. The van der Waals surface area contributed by atoms with E-state index in [-0.39, 0.29) is 24.1 Å². The summed E-state index contributed by atoms with van der Waals surface area (Å²) < 4.78 is 11.8. The van der Waals surface area contributed by atoms with Gasteiger partial charge in [-0.15, -0.1) is 0 Å². The molecule has 1 amide bonds. The topological polar surface area (TPSA) is 82.5 Å². The van der Waals surface area contributed by atoms with Gasteiger partial charge in [0.05, 0.1) is 19.9 Å². The Bertz CT molecular complexity index is 1080. The Hall–Kier alpha value is -3.61. The van der Waals surface area contributed by atoms with Crippen molar-refractivity contribution in [3.63, 3.8) is 0 Å². The van der Waals surface area contributed by atoms with Gasteiger partial charge in [-0.3, -0.25) is 9.59 Å². The number of rotatable bonds is 9. The van der Waals surface area contributed by atoms with Crippen LogP contribution in [-0.4, -0.2) is 35.9 Å². The van der Waals surface area contributed by atoms with Gasteiger partial charge in [0.25, 0.3) is 5.56 Å². The van der Waals surface area contributed by atoms with E-state index in [1.54, 1.807) is 38.5 Å². The number of nitrogens with one attached hydrogen (secondary N) is 1. The summed E-state index contributed by atoms with van der Waals surface area (Å²) in [4.78, 5) is 24.8. The highest BCUT2D eigenvalue weighted by molar-refractivity contribution is 5.76. The summed E-state index contributed by atoms with van der Waals surface area (Å²) in [7, 11) is 3.13. The average molecular weight is 421 g/mol. The van der Waals surface area contributed by atoms with Gasteiger partial charge >= 0.3 is 0 Å². The molecule has 0 aliphatic heterocycles. The molecule has 7 heteroatoms. The summed E-state index contributed by atoms with van der Waals surface area (Å²) in [5.41, 5.74) is 2.06. The molecule has 0 aliphatic rings. The van der Waals surface area contributed by atoms with Gasteiger partial charge in [-0.2, -0.15) is 5.10 Å². The van der Waals surface area contributed by atoms with Gasteiger partial charge in [-0.25, -0.2) is 4.68 Å². The quantitative estimate of drug-likeness (QED) is 0.574. The molecule has 1 N–H and O–H groups in total. The molecule has 31 heavy (non-hydrogen) atoms. The van der Waals surface area contributed by atoms with Crippen molar-refractivity contribution < 1.29 is 14.3 Å². The third-order valence-electron chi connectivity index (χ3n) is 4.96. The molecular formula is C24H27N3O4. The van der Waals surface area contributed by atoms with Gasteiger partial charge in [0.1, 0.15) is 18.0 Å². The van der Waals surface area contributed by atoms with E-state index >= 15 is 0 Å². The summed E-state index contributed by atoms with van der Waals surface area (Å²) in [6.07, 6.45) is 1.67. The first-order chi connectivity index (χ1) is 15.0. The second-order valence-corrected chi connectivity index (χ2v) is 7.27. The predicted molar refractivity (Wildman–Crippen MR) is 119 cm³/mol. The first kappa shape index (κ1) is 22.1. The Labute approximate surface area is 181 Å². The number of ether oxygens (including phenoxy) is 2. The minimum absolute atomic E-state index is 0.0231. The fourth-order valence-corrected chi connectivity index (χ4v) is 3.28. The fourth-order valence-electron chi connectivity index (χ4n) is 3.28. The van der Waals surface area contributed by atoms with Crippen molar-refractivity contribution in [2.45, 2.75) is 32.4 Å². The number of benzene rings is 2. The van der Waals surface area contributed by atoms with Gasteiger partial charge in [-0.05, 0) is 49.6 Å². The smallest absolute Gasteiger partial charge is 0.267 e. The number of amides is 1. The average Bonchev–Trinajstić information content (AvgIpc) is 2.79. The van der Waals surface area contributed by atoms with Crippen LogP contribution in [0, 0.1) is 0 Å². The number of methoxy groups -OCH3 is 2. The molecule has 3 rings (SSSR count).